The SMILES string of the molecule is CN=C(NCCNC(=O)c1ccc(Cl)cc1)N1CCC(N2CCOCC2)C1. The lowest BCUT2D eigenvalue weighted by Gasteiger charge is -2.32. The number of halogens is 1. The largest absolute Gasteiger partial charge is 0.379 e. The van der Waals surface area contributed by atoms with Gasteiger partial charge in [-0.3, -0.25) is 14.7 Å². The first-order chi connectivity index (χ1) is 13.2. The Bertz CT molecular complexity index is 646. The highest BCUT2D eigenvalue weighted by atomic mass is 35.5. The minimum absolute atomic E-state index is 0.1000. The quantitative estimate of drug-likeness (QED) is 0.444. The van der Waals surface area contributed by atoms with Crippen LogP contribution in [-0.2, 0) is 4.74 Å². The predicted molar refractivity (Wildman–Crippen MR) is 108 cm³/mol. The number of rotatable bonds is 5. The van der Waals surface area contributed by atoms with Crippen LogP contribution in [0.4, 0.5) is 0 Å². The monoisotopic (exact) mass is 393 g/mol. The molecule has 1 amide bonds. The number of aliphatic imine (C=N–C) groups is 1. The van der Waals surface area contributed by atoms with Gasteiger partial charge in [0.15, 0.2) is 5.96 Å². The number of benzene rings is 1. The molecule has 2 N–H and O–H groups in total. The third-order valence-electron chi connectivity index (χ3n) is 5.04. The van der Waals surface area contributed by atoms with Crippen molar-refractivity contribution in [3.63, 3.8) is 0 Å². The molecule has 7 nitrogen and oxygen atoms in total. The van der Waals surface area contributed by atoms with E-state index in [1.165, 1.54) is 0 Å². The summed E-state index contributed by atoms with van der Waals surface area (Å²) in [5.74, 6) is 0.795. The standard InChI is InChI=1S/C19H28ClN5O2/c1-21-19(25-9-6-17(14-25)24-10-12-27-13-11-24)23-8-7-22-18(26)15-2-4-16(20)5-3-15/h2-5,17H,6-14H2,1H3,(H,21,23)(H,22,26). The van der Waals surface area contributed by atoms with Gasteiger partial charge in [0.2, 0.25) is 0 Å². The maximum atomic E-state index is 12.1. The Morgan fingerprint density at radius 3 is 2.59 bits per heavy atom. The molecule has 3 rings (SSSR count). The zero-order chi connectivity index (χ0) is 19.1. The Morgan fingerprint density at radius 2 is 1.89 bits per heavy atom. The molecule has 2 heterocycles. The van der Waals surface area contributed by atoms with Gasteiger partial charge in [-0.2, -0.15) is 0 Å². The smallest absolute Gasteiger partial charge is 0.251 e. The van der Waals surface area contributed by atoms with Crippen LogP contribution in [0.1, 0.15) is 16.8 Å². The van der Waals surface area contributed by atoms with Gasteiger partial charge >= 0.3 is 0 Å². The number of hydrogen-bond donors (Lipinski definition) is 2. The van der Waals surface area contributed by atoms with E-state index in [2.05, 4.69) is 25.4 Å². The van der Waals surface area contributed by atoms with E-state index in [1.807, 2.05) is 0 Å². The first kappa shape index (κ1) is 19.9. The van der Waals surface area contributed by atoms with Gasteiger partial charge in [-0.1, -0.05) is 11.6 Å². The molecule has 0 saturated carbocycles. The zero-order valence-corrected chi connectivity index (χ0v) is 16.5. The molecule has 1 aromatic carbocycles. The summed E-state index contributed by atoms with van der Waals surface area (Å²) in [4.78, 5) is 21.3. The van der Waals surface area contributed by atoms with Crippen molar-refractivity contribution in [1.29, 1.82) is 0 Å². The number of carbonyl (C=O) groups excluding carboxylic acids is 1. The average Bonchev–Trinajstić information content (AvgIpc) is 3.19. The van der Waals surface area contributed by atoms with Crippen LogP contribution in [-0.4, -0.2) is 87.2 Å². The van der Waals surface area contributed by atoms with Crippen molar-refractivity contribution in [2.75, 3.05) is 59.5 Å². The molecule has 0 radical (unpaired) electrons. The Kier molecular flexibility index (Phi) is 7.32. The number of likely N-dealkylation sites (tertiary alicyclic amines) is 1. The van der Waals surface area contributed by atoms with Crippen molar-refractivity contribution in [3.05, 3.63) is 34.9 Å². The van der Waals surface area contributed by atoms with Crippen LogP contribution in [0.15, 0.2) is 29.3 Å². The summed E-state index contributed by atoms with van der Waals surface area (Å²) in [6, 6.07) is 7.45. The second kappa shape index (κ2) is 9.92. The second-order valence-corrected chi connectivity index (χ2v) is 7.21. The molecule has 2 aliphatic heterocycles. The number of nitrogens with one attached hydrogen (secondary N) is 2. The number of hydrogen-bond acceptors (Lipinski definition) is 4. The van der Waals surface area contributed by atoms with Crippen molar-refractivity contribution < 1.29 is 9.53 Å². The van der Waals surface area contributed by atoms with Gasteiger partial charge in [0.05, 0.1) is 13.2 Å². The van der Waals surface area contributed by atoms with Crippen molar-refractivity contribution in [2.24, 2.45) is 4.99 Å². The van der Waals surface area contributed by atoms with Crippen molar-refractivity contribution in [1.82, 2.24) is 20.4 Å². The molecular weight excluding hydrogens is 366 g/mol. The normalized spacial score (nSPS) is 21.3. The van der Waals surface area contributed by atoms with E-state index in [0.29, 0.717) is 29.7 Å². The van der Waals surface area contributed by atoms with Crippen molar-refractivity contribution >= 4 is 23.5 Å². The maximum absolute atomic E-state index is 12.1. The van der Waals surface area contributed by atoms with Gasteiger partial charge in [-0.15, -0.1) is 0 Å². The van der Waals surface area contributed by atoms with Crippen LogP contribution in [0.3, 0.4) is 0 Å². The molecule has 0 bridgehead atoms. The van der Waals surface area contributed by atoms with E-state index in [1.54, 1.807) is 31.3 Å². The molecule has 1 aromatic rings. The van der Waals surface area contributed by atoms with Crippen LogP contribution in [0, 0.1) is 0 Å². The molecule has 0 spiro atoms. The van der Waals surface area contributed by atoms with Gasteiger partial charge < -0.3 is 20.3 Å². The van der Waals surface area contributed by atoms with Crippen LogP contribution >= 0.6 is 11.6 Å². The molecule has 1 unspecified atom stereocenters. The molecular formula is C19H28ClN5O2. The number of guanidine groups is 1. The molecule has 0 aromatic heterocycles. The molecule has 2 saturated heterocycles. The van der Waals surface area contributed by atoms with E-state index in [0.717, 1.165) is 51.8 Å². The number of nitrogens with zero attached hydrogens (tertiary/aromatic N) is 3. The van der Waals surface area contributed by atoms with E-state index in [4.69, 9.17) is 16.3 Å². The van der Waals surface area contributed by atoms with E-state index < -0.39 is 0 Å². The first-order valence-corrected chi connectivity index (χ1v) is 9.86. The lowest BCUT2D eigenvalue weighted by atomic mass is 10.2. The fourth-order valence-corrected chi connectivity index (χ4v) is 3.69. The molecule has 27 heavy (non-hydrogen) atoms. The van der Waals surface area contributed by atoms with Crippen LogP contribution in [0.2, 0.25) is 5.02 Å². The summed E-state index contributed by atoms with van der Waals surface area (Å²) in [5, 5.41) is 6.88. The molecule has 148 valence electrons. The molecule has 0 aliphatic carbocycles. The van der Waals surface area contributed by atoms with Crippen LogP contribution in [0.25, 0.3) is 0 Å². The fraction of sp³-hybridized carbons (Fsp3) is 0.579. The molecule has 8 heteroatoms. The average molecular weight is 394 g/mol. The number of morpholine rings is 1. The summed E-state index contributed by atoms with van der Waals surface area (Å²) in [5.41, 5.74) is 0.608. The van der Waals surface area contributed by atoms with Crippen molar-refractivity contribution in [2.45, 2.75) is 12.5 Å². The highest BCUT2D eigenvalue weighted by Crippen LogP contribution is 2.17. The molecule has 2 fully saturated rings. The van der Waals surface area contributed by atoms with E-state index >= 15 is 0 Å². The van der Waals surface area contributed by atoms with Crippen LogP contribution < -0.4 is 10.6 Å². The van der Waals surface area contributed by atoms with Crippen LogP contribution in [0.5, 0.6) is 0 Å². The highest BCUT2D eigenvalue weighted by molar-refractivity contribution is 6.30. The minimum Gasteiger partial charge on any atom is -0.379 e. The van der Waals surface area contributed by atoms with Gasteiger partial charge in [0, 0.05) is 62.9 Å². The first-order valence-electron chi connectivity index (χ1n) is 9.48. The van der Waals surface area contributed by atoms with Gasteiger partial charge in [-0.05, 0) is 30.7 Å². The Hall–Kier alpha value is -1.83. The summed E-state index contributed by atoms with van der Waals surface area (Å²) in [6.07, 6.45) is 1.15. The number of carbonyl (C=O) groups is 1. The summed E-state index contributed by atoms with van der Waals surface area (Å²) in [6.45, 7) is 6.83. The zero-order valence-electron chi connectivity index (χ0n) is 15.8. The Labute approximate surface area is 165 Å². The van der Waals surface area contributed by atoms with Gasteiger partial charge in [0.1, 0.15) is 0 Å². The third-order valence-corrected chi connectivity index (χ3v) is 5.29. The van der Waals surface area contributed by atoms with Gasteiger partial charge in [-0.25, -0.2) is 0 Å². The maximum Gasteiger partial charge on any atom is 0.251 e. The summed E-state index contributed by atoms with van der Waals surface area (Å²) < 4.78 is 5.44. The van der Waals surface area contributed by atoms with Gasteiger partial charge in [0.25, 0.3) is 5.91 Å². The Balaban J connectivity index is 1.39. The molecule has 2 aliphatic rings. The topological polar surface area (TPSA) is 69.2 Å². The lowest BCUT2D eigenvalue weighted by Crippen LogP contribution is -2.47. The highest BCUT2D eigenvalue weighted by Gasteiger charge is 2.30. The predicted octanol–water partition coefficient (Wildman–Crippen LogP) is 1.05. The van der Waals surface area contributed by atoms with E-state index in [9.17, 15) is 4.79 Å². The fourth-order valence-electron chi connectivity index (χ4n) is 3.56. The van der Waals surface area contributed by atoms with Crippen molar-refractivity contribution in [3.8, 4) is 0 Å². The third kappa shape index (κ3) is 5.57. The second-order valence-electron chi connectivity index (χ2n) is 6.77. The summed E-state index contributed by atoms with van der Waals surface area (Å²) in [7, 11) is 1.80. The minimum atomic E-state index is -0.1000. The van der Waals surface area contributed by atoms with E-state index in [-0.39, 0.29) is 5.91 Å². The number of ether oxygens (including phenoxy) is 1. The summed E-state index contributed by atoms with van der Waals surface area (Å²) >= 11 is 5.85. The number of amides is 1. The Morgan fingerprint density at radius 1 is 1.19 bits per heavy atom. The lowest BCUT2D eigenvalue weighted by molar-refractivity contribution is 0.0195. The molecule has 1 atom stereocenters.